The van der Waals surface area contributed by atoms with Crippen LogP contribution in [0.5, 0.6) is 0 Å². The number of H-pyrrole nitrogens is 1. The van der Waals surface area contributed by atoms with Crippen LogP contribution in [0.1, 0.15) is 28.2 Å². The molecule has 8 nitrogen and oxygen atoms in total. The highest BCUT2D eigenvalue weighted by Crippen LogP contribution is 2.41. The van der Waals surface area contributed by atoms with Crippen LogP contribution in [-0.4, -0.2) is 58.0 Å². The number of carbonyl (C=O) groups excluding carboxylic acids is 1. The minimum atomic E-state index is -0.669. The maximum atomic E-state index is 15.1. The van der Waals surface area contributed by atoms with E-state index in [1.54, 1.807) is 25.1 Å². The summed E-state index contributed by atoms with van der Waals surface area (Å²) in [5.74, 6) is -1.57. The van der Waals surface area contributed by atoms with E-state index in [1.165, 1.54) is 13.1 Å². The maximum Gasteiger partial charge on any atom is 0.269 e. The molecule has 10 heteroatoms. The van der Waals surface area contributed by atoms with Crippen LogP contribution >= 0.6 is 0 Å². The molecule has 2 fully saturated rings. The number of amides is 1. The lowest BCUT2D eigenvalue weighted by molar-refractivity contribution is 0.0957. The monoisotopic (exact) mass is 440 g/mol. The standard InChI is InChI=1S/C22H22F2N6O2/c1-11-21(31)28-19-13(26-11)4-3-12(18(19)23)10-29-7-8-30(17-9-16(17)29)15-6-5-14(22(32)25-2)27-20(15)24/h3-6,16-17H,7-10H2,1-2H3,(H,25,32)(H,28,31)/t16-,17+/m0/s1. The van der Waals surface area contributed by atoms with Gasteiger partial charge in [0, 0.05) is 44.3 Å². The molecule has 0 bridgehead atoms. The van der Waals surface area contributed by atoms with Crippen molar-refractivity contribution >= 4 is 22.6 Å². The Labute approximate surface area is 182 Å². The van der Waals surface area contributed by atoms with Crippen LogP contribution in [-0.2, 0) is 6.54 Å². The van der Waals surface area contributed by atoms with Crippen molar-refractivity contribution in [3.8, 4) is 0 Å². The van der Waals surface area contributed by atoms with Gasteiger partial charge >= 0.3 is 0 Å². The number of rotatable bonds is 4. The largest absolute Gasteiger partial charge is 0.362 e. The highest BCUT2D eigenvalue weighted by Gasteiger charge is 2.49. The molecular formula is C22H22F2N6O2. The lowest BCUT2D eigenvalue weighted by Crippen LogP contribution is -2.46. The Morgan fingerprint density at radius 3 is 2.75 bits per heavy atom. The fourth-order valence-electron chi connectivity index (χ4n) is 4.45. The molecule has 5 rings (SSSR count). The van der Waals surface area contributed by atoms with Gasteiger partial charge in [0.15, 0.2) is 5.82 Å². The molecule has 2 N–H and O–H groups in total. The first-order chi connectivity index (χ1) is 15.4. The van der Waals surface area contributed by atoms with Crippen molar-refractivity contribution in [3.63, 3.8) is 0 Å². The van der Waals surface area contributed by atoms with Crippen molar-refractivity contribution in [1.29, 1.82) is 0 Å². The van der Waals surface area contributed by atoms with Crippen molar-refractivity contribution < 1.29 is 13.6 Å². The van der Waals surface area contributed by atoms with Gasteiger partial charge in [-0.15, -0.1) is 0 Å². The highest BCUT2D eigenvalue weighted by atomic mass is 19.1. The molecule has 1 aliphatic carbocycles. The fraction of sp³-hybridized carbons (Fsp3) is 0.364. The first kappa shape index (κ1) is 20.5. The van der Waals surface area contributed by atoms with E-state index in [4.69, 9.17) is 0 Å². The molecule has 32 heavy (non-hydrogen) atoms. The average Bonchev–Trinajstić information content (AvgIpc) is 3.58. The Morgan fingerprint density at radius 2 is 2.00 bits per heavy atom. The van der Waals surface area contributed by atoms with Crippen molar-refractivity contribution in [2.24, 2.45) is 0 Å². The molecule has 1 aromatic carbocycles. The number of aryl methyl sites for hydroxylation is 1. The third kappa shape index (κ3) is 3.40. The number of pyridine rings is 1. The Hall–Kier alpha value is -3.40. The van der Waals surface area contributed by atoms with Gasteiger partial charge in [-0.2, -0.15) is 4.39 Å². The van der Waals surface area contributed by atoms with Crippen molar-refractivity contribution in [2.75, 3.05) is 25.0 Å². The van der Waals surface area contributed by atoms with Gasteiger partial charge in [-0.05, 0) is 31.5 Å². The molecular weight excluding hydrogens is 418 g/mol. The molecule has 2 aromatic heterocycles. The maximum absolute atomic E-state index is 15.1. The van der Waals surface area contributed by atoms with Gasteiger partial charge in [0.05, 0.1) is 11.2 Å². The normalized spacial score (nSPS) is 20.3. The van der Waals surface area contributed by atoms with Crippen molar-refractivity contribution in [2.45, 2.75) is 32.0 Å². The number of anilines is 1. The van der Waals surface area contributed by atoms with Gasteiger partial charge in [-0.1, -0.05) is 6.07 Å². The molecule has 166 valence electrons. The van der Waals surface area contributed by atoms with Gasteiger partial charge in [0.25, 0.3) is 11.5 Å². The van der Waals surface area contributed by atoms with Crippen LogP contribution in [0.25, 0.3) is 11.0 Å². The minimum Gasteiger partial charge on any atom is -0.362 e. The Kier molecular flexibility index (Phi) is 4.89. The van der Waals surface area contributed by atoms with Gasteiger partial charge in [0.2, 0.25) is 5.95 Å². The van der Waals surface area contributed by atoms with E-state index in [0.717, 1.165) is 6.42 Å². The number of carbonyl (C=O) groups is 1. The predicted octanol–water partition coefficient (Wildman–Crippen LogP) is 1.73. The zero-order chi connectivity index (χ0) is 22.6. The molecule has 0 spiro atoms. The van der Waals surface area contributed by atoms with Gasteiger partial charge in [0.1, 0.15) is 16.9 Å². The number of piperazine rings is 1. The second-order valence-electron chi connectivity index (χ2n) is 8.20. The van der Waals surface area contributed by atoms with E-state index in [1.807, 2.05) is 4.90 Å². The fourth-order valence-corrected chi connectivity index (χ4v) is 4.45. The first-order valence-corrected chi connectivity index (χ1v) is 10.4. The van der Waals surface area contributed by atoms with Crippen LogP contribution in [0.3, 0.4) is 0 Å². The van der Waals surface area contributed by atoms with Crippen LogP contribution in [0.15, 0.2) is 29.1 Å². The zero-order valence-corrected chi connectivity index (χ0v) is 17.7. The Morgan fingerprint density at radius 1 is 1.19 bits per heavy atom. The number of hydrogen-bond donors (Lipinski definition) is 2. The number of fused-ring (bicyclic) bond motifs is 2. The number of halogens is 2. The summed E-state index contributed by atoms with van der Waals surface area (Å²) < 4.78 is 29.7. The van der Waals surface area contributed by atoms with E-state index in [0.29, 0.717) is 42.1 Å². The second kappa shape index (κ2) is 7.63. The predicted molar refractivity (Wildman–Crippen MR) is 115 cm³/mol. The molecule has 1 saturated heterocycles. The third-order valence-corrected chi connectivity index (χ3v) is 6.25. The quantitative estimate of drug-likeness (QED) is 0.600. The summed E-state index contributed by atoms with van der Waals surface area (Å²) in [5.41, 5.74) is 1.33. The summed E-state index contributed by atoms with van der Waals surface area (Å²) in [4.78, 5) is 38.2. The zero-order valence-electron chi connectivity index (χ0n) is 17.7. The van der Waals surface area contributed by atoms with E-state index < -0.39 is 23.2 Å². The second-order valence-corrected chi connectivity index (χ2v) is 8.20. The van der Waals surface area contributed by atoms with Crippen LogP contribution in [0.4, 0.5) is 14.5 Å². The molecule has 2 aliphatic rings. The lowest BCUT2D eigenvalue weighted by Gasteiger charge is -2.35. The SMILES string of the molecule is CNC(=O)c1ccc(N2CCN(Cc3ccc4nc(C)c(=O)[nH]c4c3F)[C@H]3C[C@H]32)c(F)n1. The summed E-state index contributed by atoms with van der Waals surface area (Å²) in [5, 5.41) is 2.43. The summed E-state index contributed by atoms with van der Waals surface area (Å²) in [6.07, 6.45) is 0.837. The molecule has 1 amide bonds. The molecule has 3 heterocycles. The minimum absolute atomic E-state index is 0.0363. The van der Waals surface area contributed by atoms with Crippen LogP contribution in [0.2, 0.25) is 0 Å². The molecule has 0 radical (unpaired) electrons. The highest BCUT2D eigenvalue weighted by molar-refractivity contribution is 5.92. The van der Waals surface area contributed by atoms with Gasteiger partial charge in [-0.25, -0.2) is 14.4 Å². The van der Waals surface area contributed by atoms with E-state index in [2.05, 4.69) is 25.2 Å². The topological polar surface area (TPSA) is 94.2 Å². The third-order valence-electron chi connectivity index (χ3n) is 6.25. The number of nitrogens with zero attached hydrogens (tertiary/aromatic N) is 4. The van der Waals surface area contributed by atoms with E-state index in [9.17, 15) is 14.0 Å². The Bertz CT molecular complexity index is 1290. The lowest BCUT2D eigenvalue weighted by atomic mass is 10.1. The molecule has 3 aromatic rings. The average molecular weight is 440 g/mol. The number of aromatic amines is 1. The molecule has 0 unspecified atom stereocenters. The summed E-state index contributed by atoms with van der Waals surface area (Å²) in [6, 6.07) is 6.80. The van der Waals surface area contributed by atoms with Gasteiger partial charge < -0.3 is 15.2 Å². The molecule has 2 atom stereocenters. The smallest absolute Gasteiger partial charge is 0.269 e. The Balaban J connectivity index is 1.33. The summed E-state index contributed by atoms with van der Waals surface area (Å²) in [7, 11) is 1.47. The van der Waals surface area contributed by atoms with E-state index in [-0.39, 0.29) is 23.3 Å². The number of benzene rings is 1. The van der Waals surface area contributed by atoms with Crippen LogP contribution in [0, 0.1) is 18.7 Å². The van der Waals surface area contributed by atoms with Gasteiger partial charge in [-0.3, -0.25) is 14.5 Å². The summed E-state index contributed by atoms with van der Waals surface area (Å²) in [6.45, 7) is 3.16. The van der Waals surface area contributed by atoms with E-state index >= 15 is 4.39 Å². The number of nitrogens with one attached hydrogen (secondary N) is 2. The number of hydrogen-bond acceptors (Lipinski definition) is 6. The first-order valence-electron chi connectivity index (χ1n) is 10.4. The van der Waals surface area contributed by atoms with Crippen molar-refractivity contribution in [1.82, 2.24) is 25.2 Å². The summed E-state index contributed by atoms with van der Waals surface area (Å²) >= 11 is 0. The molecule has 1 aliphatic heterocycles. The number of aromatic nitrogens is 3. The molecule has 1 saturated carbocycles. The van der Waals surface area contributed by atoms with Crippen molar-refractivity contribution in [3.05, 3.63) is 63.3 Å². The van der Waals surface area contributed by atoms with Crippen LogP contribution < -0.4 is 15.8 Å².